The van der Waals surface area contributed by atoms with E-state index in [1.54, 1.807) is 37.4 Å². The van der Waals surface area contributed by atoms with Crippen LogP contribution in [-0.2, 0) is 11.4 Å². The molecule has 0 heterocycles. The summed E-state index contributed by atoms with van der Waals surface area (Å²) in [6.07, 6.45) is 1.96. The molecule has 2 N–H and O–H groups in total. The van der Waals surface area contributed by atoms with Gasteiger partial charge in [0, 0.05) is 17.7 Å². The molecule has 0 aliphatic rings. The summed E-state index contributed by atoms with van der Waals surface area (Å²) in [4.78, 5) is 23.6. The second-order valence-corrected chi connectivity index (χ2v) is 6.52. The maximum absolute atomic E-state index is 12.2. The maximum atomic E-state index is 12.2. The Hall–Kier alpha value is -3.93. The van der Waals surface area contributed by atoms with E-state index in [9.17, 15) is 9.59 Å². The van der Waals surface area contributed by atoms with Gasteiger partial charge in [0.2, 0.25) is 5.91 Å². The molecule has 0 spiro atoms. The molecule has 3 rings (SSSR count). The molecule has 3 aromatic carbocycles. The van der Waals surface area contributed by atoms with Gasteiger partial charge in [0.1, 0.15) is 12.4 Å². The Labute approximate surface area is 175 Å². The summed E-state index contributed by atoms with van der Waals surface area (Å²) in [6, 6.07) is 24.0. The Kier molecular flexibility index (Phi) is 7.33. The quantitative estimate of drug-likeness (QED) is 0.434. The molecule has 0 bridgehead atoms. The van der Waals surface area contributed by atoms with E-state index in [2.05, 4.69) is 15.8 Å². The molecule has 0 fully saturated rings. The van der Waals surface area contributed by atoms with Gasteiger partial charge in [0.05, 0.1) is 6.21 Å². The number of amides is 2. The fourth-order valence-corrected chi connectivity index (χ4v) is 2.61. The van der Waals surface area contributed by atoms with E-state index in [1.165, 1.54) is 0 Å². The molecule has 6 nitrogen and oxygen atoms in total. The van der Waals surface area contributed by atoms with Crippen molar-refractivity contribution < 1.29 is 14.3 Å². The van der Waals surface area contributed by atoms with Crippen molar-refractivity contribution >= 4 is 23.7 Å². The number of benzene rings is 3. The molecule has 0 radical (unpaired) electrons. The summed E-state index contributed by atoms with van der Waals surface area (Å²) < 4.78 is 5.80. The number of hydrazone groups is 1. The Balaban J connectivity index is 1.53. The molecule has 0 aliphatic carbocycles. The van der Waals surface area contributed by atoms with Gasteiger partial charge in [-0.25, -0.2) is 5.43 Å². The third kappa shape index (κ3) is 6.31. The highest BCUT2D eigenvalue weighted by molar-refractivity contribution is 5.96. The van der Waals surface area contributed by atoms with Crippen molar-refractivity contribution in [3.63, 3.8) is 0 Å². The average molecular weight is 401 g/mol. The Bertz CT molecular complexity index is 1020. The van der Waals surface area contributed by atoms with Gasteiger partial charge in [0.25, 0.3) is 5.91 Å². The lowest BCUT2D eigenvalue weighted by molar-refractivity contribution is -0.115. The van der Waals surface area contributed by atoms with E-state index < -0.39 is 0 Å². The number of hydrogen-bond donors (Lipinski definition) is 2. The van der Waals surface area contributed by atoms with Gasteiger partial charge in [-0.3, -0.25) is 9.59 Å². The molecule has 6 heteroatoms. The molecule has 3 aromatic rings. The highest BCUT2D eigenvalue weighted by Crippen LogP contribution is 2.14. The lowest BCUT2D eigenvalue weighted by Gasteiger charge is -2.07. The topological polar surface area (TPSA) is 79.8 Å². The smallest absolute Gasteiger partial charge is 0.271 e. The zero-order valence-electron chi connectivity index (χ0n) is 16.7. The van der Waals surface area contributed by atoms with Crippen molar-refractivity contribution in [1.29, 1.82) is 0 Å². The van der Waals surface area contributed by atoms with Crippen LogP contribution >= 0.6 is 0 Å². The molecule has 0 aromatic heterocycles. The number of ether oxygens (including phenoxy) is 1. The van der Waals surface area contributed by atoms with E-state index in [4.69, 9.17) is 4.74 Å². The van der Waals surface area contributed by atoms with Crippen LogP contribution in [0.4, 0.5) is 5.69 Å². The molecular weight excluding hydrogens is 378 g/mol. The monoisotopic (exact) mass is 401 g/mol. The molecule has 0 unspecified atom stereocenters. The molecule has 30 heavy (non-hydrogen) atoms. The molecular formula is C24H23N3O3. The number of hydrogen-bond acceptors (Lipinski definition) is 4. The summed E-state index contributed by atoms with van der Waals surface area (Å²) in [6.45, 7) is 2.26. The van der Waals surface area contributed by atoms with E-state index in [1.807, 2.05) is 54.6 Å². The number of anilines is 1. The number of carbonyl (C=O) groups excluding carboxylic acids is 2. The van der Waals surface area contributed by atoms with Crippen LogP contribution < -0.4 is 15.5 Å². The molecule has 0 aliphatic heterocycles. The Morgan fingerprint density at radius 2 is 1.73 bits per heavy atom. The SMILES string of the molecule is CCC(=O)Nc1ccc(C(=O)N/N=C/c2cccc(OCc3ccccc3)c2)cc1. The molecule has 0 saturated heterocycles. The highest BCUT2D eigenvalue weighted by atomic mass is 16.5. The number of rotatable bonds is 8. The molecule has 2 amide bonds. The van der Waals surface area contributed by atoms with Crippen LogP contribution in [0.25, 0.3) is 0 Å². The lowest BCUT2D eigenvalue weighted by atomic mass is 10.2. The molecule has 152 valence electrons. The van der Waals surface area contributed by atoms with E-state index in [0.29, 0.717) is 24.3 Å². The van der Waals surface area contributed by atoms with Crippen LogP contribution in [-0.4, -0.2) is 18.0 Å². The van der Waals surface area contributed by atoms with Gasteiger partial charge in [-0.05, 0) is 47.5 Å². The van der Waals surface area contributed by atoms with Gasteiger partial charge in [-0.15, -0.1) is 0 Å². The summed E-state index contributed by atoms with van der Waals surface area (Å²) in [5.74, 6) is 0.307. The van der Waals surface area contributed by atoms with E-state index >= 15 is 0 Å². The largest absolute Gasteiger partial charge is 0.489 e. The number of nitrogens with one attached hydrogen (secondary N) is 2. The first-order chi connectivity index (χ1) is 14.6. The van der Waals surface area contributed by atoms with Gasteiger partial charge in [-0.1, -0.05) is 49.4 Å². The van der Waals surface area contributed by atoms with Crippen molar-refractivity contribution in [3.8, 4) is 5.75 Å². The minimum Gasteiger partial charge on any atom is -0.489 e. The number of nitrogens with zero attached hydrogens (tertiary/aromatic N) is 1. The maximum Gasteiger partial charge on any atom is 0.271 e. The molecule has 0 atom stereocenters. The third-order valence-corrected chi connectivity index (χ3v) is 4.24. The fraction of sp³-hybridized carbons (Fsp3) is 0.125. The van der Waals surface area contributed by atoms with Crippen molar-refractivity contribution in [2.45, 2.75) is 20.0 Å². The predicted octanol–water partition coefficient (Wildman–Crippen LogP) is 4.38. The minimum absolute atomic E-state index is 0.0771. The second-order valence-electron chi connectivity index (χ2n) is 6.52. The zero-order valence-corrected chi connectivity index (χ0v) is 16.7. The van der Waals surface area contributed by atoms with Crippen molar-refractivity contribution in [2.75, 3.05) is 5.32 Å². The number of carbonyl (C=O) groups is 2. The van der Waals surface area contributed by atoms with Gasteiger partial charge >= 0.3 is 0 Å². The predicted molar refractivity (Wildman–Crippen MR) is 118 cm³/mol. The van der Waals surface area contributed by atoms with Crippen molar-refractivity contribution in [2.24, 2.45) is 5.10 Å². The van der Waals surface area contributed by atoms with E-state index in [-0.39, 0.29) is 11.8 Å². The molecule has 0 saturated carbocycles. The summed E-state index contributed by atoms with van der Waals surface area (Å²) in [7, 11) is 0. The van der Waals surface area contributed by atoms with Crippen LogP contribution in [0.3, 0.4) is 0 Å². The summed E-state index contributed by atoms with van der Waals surface area (Å²) >= 11 is 0. The Morgan fingerprint density at radius 1 is 0.967 bits per heavy atom. The first kappa shape index (κ1) is 20.8. The lowest BCUT2D eigenvalue weighted by Crippen LogP contribution is -2.17. The normalized spacial score (nSPS) is 10.6. The first-order valence-electron chi connectivity index (χ1n) is 9.64. The minimum atomic E-state index is -0.337. The first-order valence-corrected chi connectivity index (χ1v) is 9.64. The van der Waals surface area contributed by atoms with E-state index in [0.717, 1.165) is 16.9 Å². The van der Waals surface area contributed by atoms with Crippen LogP contribution in [0.15, 0.2) is 84.0 Å². The van der Waals surface area contributed by atoms with Crippen molar-refractivity contribution in [1.82, 2.24) is 5.43 Å². The van der Waals surface area contributed by atoms with Gasteiger partial charge in [0.15, 0.2) is 0 Å². The van der Waals surface area contributed by atoms with Gasteiger partial charge < -0.3 is 10.1 Å². The Morgan fingerprint density at radius 3 is 2.47 bits per heavy atom. The van der Waals surface area contributed by atoms with Crippen LogP contribution in [0.2, 0.25) is 0 Å². The van der Waals surface area contributed by atoms with Crippen LogP contribution in [0.5, 0.6) is 5.75 Å². The van der Waals surface area contributed by atoms with Crippen molar-refractivity contribution in [3.05, 3.63) is 95.6 Å². The third-order valence-electron chi connectivity index (χ3n) is 4.24. The summed E-state index contributed by atoms with van der Waals surface area (Å²) in [5, 5.41) is 6.75. The summed E-state index contributed by atoms with van der Waals surface area (Å²) in [5.41, 5.74) is 5.48. The van der Waals surface area contributed by atoms with Gasteiger partial charge in [-0.2, -0.15) is 5.10 Å². The average Bonchev–Trinajstić information content (AvgIpc) is 2.79. The second kappa shape index (κ2) is 10.6. The van der Waals surface area contributed by atoms with Crippen LogP contribution in [0.1, 0.15) is 34.8 Å². The zero-order chi connectivity index (χ0) is 21.2. The fourth-order valence-electron chi connectivity index (χ4n) is 2.61. The standard InChI is InChI=1S/C24H23N3O3/c1-2-23(28)26-21-13-11-20(12-14-21)24(29)27-25-16-19-9-6-10-22(15-19)30-17-18-7-4-3-5-8-18/h3-16H,2,17H2,1H3,(H,26,28)(H,27,29)/b25-16+. The highest BCUT2D eigenvalue weighted by Gasteiger charge is 2.05. The van der Waals surface area contributed by atoms with Crippen LogP contribution in [0, 0.1) is 0 Å².